The standard InChI is InChI=1S/C23H21N3OS/c1-26-19(13-14-24-26)23-25-21(22(28-23)17-5-3-2-4-6-17)16-9-7-15(8-10-16)18-11-12-20(18)27/h2-10,13-14,18,20,27H,11-12H2,1H3. The van der Waals surface area contributed by atoms with Crippen LogP contribution in [-0.4, -0.2) is 26.0 Å². The van der Waals surface area contributed by atoms with Gasteiger partial charge in [0.15, 0.2) is 0 Å². The van der Waals surface area contributed by atoms with Crippen LogP contribution in [0, 0.1) is 0 Å². The molecule has 0 radical (unpaired) electrons. The summed E-state index contributed by atoms with van der Waals surface area (Å²) < 4.78 is 1.86. The van der Waals surface area contributed by atoms with Gasteiger partial charge in [-0.2, -0.15) is 5.10 Å². The van der Waals surface area contributed by atoms with E-state index in [1.54, 1.807) is 17.5 Å². The summed E-state index contributed by atoms with van der Waals surface area (Å²) in [7, 11) is 1.94. The molecule has 0 bridgehead atoms. The quantitative estimate of drug-likeness (QED) is 0.529. The van der Waals surface area contributed by atoms with E-state index in [-0.39, 0.29) is 12.0 Å². The van der Waals surface area contributed by atoms with E-state index >= 15 is 0 Å². The lowest BCUT2D eigenvalue weighted by molar-refractivity contribution is 0.0661. The van der Waals surface area contributed by atoms with Gasteiger partial charge in [-0.3, -0.25) is 4.68 Å². The fourth-order valence-electron chi connectivity index (χ4n) is 3.75. The summed E-state index contributed by atoms with van der Waals surface area (Å²) >= 11 is 1.69. The predicted octanol–water partition coefficient (Wildman–Crippen LogP) is 5.12. The van der Waals surface area contributed by atoms with E-state index in [4.69, 9.17) is 4.98 Å². The molecule has 2 aromatic carbocycles. The van der Waals surface area contributed by atoms with Crippen LogP contribution in [0.4, 0.5) is 0 Å². The van der Waals surface area contributed by atoms with Crippen LogP contribution in [0.25, 0.3) is 32.4 Å². The number of aliphatic hydroxyl groups excluding tert-OH is 1. The molecular weight excluding hydrogens is 366 g/mol. The Bertz CT molecular complexity index is 1100. The first-order valence-electron chi connectivity index (χ1n) is 9.54. The molecule has 2 heterocycles. The van der Waals surface area contributed by atoms with Gasteiger partial charge in [0.25, 0.3) is 0 Å². The van der Waals surface area contributed by atoms with Crippen molar-refractivity contribution in [3.63, 3.8) is 0 Å². The third-order valence-corrected chi connectivity index (χ3v) is 6.68. The molecule has 140 valence electrons. The smallest absolute Gasteiger partial charge is 0.142 e. The van der Waals surface area contributed by atoms with Crippen LogP contribution < -0.4 is 0 Å². The van der Waals surface area contributed by atoms with Crippen molar-refractivity contribution >= 4 is 11.3 Å². The summed E-state index contributed by atoms with van der Waals surface area (Å²) in [4.78, 5) is 6.15. The number of rotatable bonds is 4. The van der Waals surface area contributed by atoms with Crippen LogP contribution in [0.2, 0.25) is 0 Å². The highest BCUT2D eigenvalue weighted by molar-refractivity contribution is 7.18. The molecule has 28 heavy (non-hydrogen) atoms. The van der Waals surface area contributed by atoms with Gasteiger partial charge in [-0.25, -0.2) is 4.98 Å². The second kappa shape index (κ2) is 7.00. The van der Waals surface area contributed by atoms with Gasteiger partial charge in [0.2, 0.25) is 0 Å². The first-order valence-corrected chi connectivity index (χ1v) is 10.4. The van der Waals surface area contributed by atoms with Gasteiger partial charge in [-0.1, -0.05) is 54.6 Å². The Labute approximate surface area is 168 Å². The van der Waals surface area contributed by atoms with Crippen molar-refractivity contribution in [3.8, 4) is 32.4 Å². The molecule has 4 nitrogen and oxygen atoms in total. The lowest BCUT2D eigenvalue weighted by Crippen LogP contribution is -2.28. The minimum Gasteiger partial charge on any atom is -0.392 e. The molecule has 5 heteroatoms. The lowest BCUT2D eigenvalue weighted by Gasteiger charge is -2.32. The van der Waals surface area contributed by atoms with Gasteiger partial charge in [-0.15, -0.1) is 11.3 Å². The van der Waals surface area contributed by atoms with Crippen LogP contribution in [0.3, 0.4) is 0 Å². The summed E-state index contributed by atoms with van der Waals surface area (Å²) in [6.07, 6.45) is 3.58. The highest BCUT2D eigenvalue weighted by Gasteiger charge is 2.30. The first kappa shape index (κ1) is 17.3. The summed E-state index contributed by atoms with van der Waals surface area (Å²) in [5, 5.41) is 15.2. The molecule has 1 aliphatic carbocycles. The molecule has 4 aromatic rings. The van der Waals surface area contributed by atoms with Crippen LogP contribution in [-0.2, 0) is 7.05 Å². The van der Waals surface area contributed by atoms with Crippen molar-refractivity contribution in [2.75, 3.05) is 0 Å². The Morgan fingerprint density at radius 3 is 2.36 bits per heavy atom. The monoisotopic (exact) mass is 387 g/mol. The Morgan fingerprint density at radius 1 is 0.964 bits per heavy atom. The van der Waals surface area contributed by atoms with E-state index in [1.165, 1.54) is 11.1 Å². The van der Waals surface area contributed by atoms with Crippen LogP contribution in [0.1, 0.15) is 24.3 Å². The Kier molecular flexibility index (Phi) is 4.34. The Morgan fingerprint density at radius 2 is 1.75 bits per heavy atom. The Hall–Kier alpha value is -2.76. The average molecular weight is 388 g/mol. The second-order valence-electron chi connectivity index (χ2n) is 7.28. The van der Waals surface area contributed by atoms with Gasteiger partial charge in [-0.05, 0) is 30.0 Å². The van der Waals surface area contributed by atoms with Crippen molar-refractivity contribution in [1.29, 1.82) is 0 Å². The molecule has 1 saturated carbocycles. The van der Waals surface area contributed by atoms with Crippen LogP contribution in [0.5, 0.6) is 0 Å². The molecule has 2 aromatic heterocycles. The summed E-state index contributed by atoms with van der Waals surface area (Å²) in [5.74, 6) is 0.281. The predicted molar refractivity (Wildman–Crippen MR) is 113 cm³/mol. The number of thiazole rings is 1. The molecule has 0 amide bonds. The maximum Gasteiger partial charge on any atom is 0.142 e. The lowest BCUT2D eigenvalue weighted by atomic mass is 9.77. The van der Waals surface area contributed by atoms with Crippen molar-refractivity contribution in [1.82, 2.24) is 14.8 Å². The van der Waals surface area contributed by atoms with Crippen molar-refractivity contribution in [2.24, 2.45) is 7.05 Å². The minimum absolute atomic E-state index is 0.193. The van der Waals surface area contributed by atoms with Gasteiger partial charge >= 0.3 is 0 Å². The highest BCUT2D eigenvalue weighted by Crippen LogP contribution is 2.42. The second-order valence-corrected chi connectivity index (χ2v) is 8.28. The molecule has 0 saturated heterocycles. The fourth-order valence-corrected chi connectivity index (χ4v) is 4.90. The molecule has 1 N–H and O–H groups in total. The zero-order valence-electron chi connectivity index (χ0n) is 15.6. The third-order valence-electron chi connectivity index (χ3n) is 5.55. The van der Waals surface area contributed by atoms with Crippen molar-refractivity contribution in [3.05, 3.63) is 72.4 Å². The normalized spacial score (nSPS) is 18.8. The van der Waals surface area contributed by atoms with Crippen LogP contribution in [0.15, 0.2) is 66.9 Å². The molecular formula is C23H21N3OS. The first-order chi connectivity index (χ1) is 13.7. The van der Waals surface area contributed by atoms with Gasteiger partial charge in [0.1, 0.15) is 5.01 Å². The number of aryl methyl sites for hydroxylation is 1. The highest BCUT2D eigenvalue weighted by atomic mass is 32.1. The molecule has 2 unspecified atom stereocenters. The van der Waals surface area contributed by atoms with Crippen molar-refractivity contribution < 1.29 is 5.11 Å². The molecule has 1 fully saturated rings. The largest absolute Gasteiger partial charge is 0.392 e. The molecule has 0 aliphatic heterocycles. The van der Waals surface area contributed by atoms with Crippen molar-refractivity contribution in [2.45, 2.75) is 24.9 Å². The topological polar surface area (TPSA) is 50.9 Å². The van der Waals surface area contributed by atoms with E-state index in [0.717, 1.165) is 39.7 Å². The van der Waals surface area contributed by atoms with E-state index in [0.29, 0.717) is 0 Å². The average Bonchev–Trinajstić information content (AvgIpc) is 3.34. The number of aromatic nitrogens is 3. The number of hydrogen-bond donors (Lipinski definition) is 1. The van der Waals surface area contributed by atoms with Gasteiger partial charge in [0.05, 0.1) is 22.4 Å². The summed E-state index contributed by atoms with van der Waals surface area (Å²) in [6.45, 7) is 0. The molecule has 5 rings (SSSR count). The van der Waals surface area contributed by atoms with E-state index in [1.807, 2.05) is 23.9 Å². The molecule has 2 atom stereocenters. The van der Waals surface area contributed by atoms with Gasteiger partial charge < -0.3 is 5.11 Å². The molecule has 1 aliphatic rings. The third kappa shape index (κ3) is 2.97. The van der Waals surface area contributed by atoms with E-state index in [2.05, 4.69) is 53.6 Å². The summed E-state index contributed by atoms with van der Waals surface area (Å²) in [5.41, 5.74) is 5.49. The number of nitrogens with zero attached hydrogens (tertiary/aromatic N) is 3. The zero-order valence-corrected chi connectivity index (χ0v) is 16.4. The maximum atomic E-state index is 9.96. The number of hydrogen-bond acceptors (Lipinski definition) is 4. The zero-order chi connectivity index (χ0) is 19.1. The summed E-state index contributed by atoms with van der Waals surface area (Å²) in [6, 6.07) is 21.0. The Balaban J connectivity index is 1.59. The maximum absolute atomic E-state index is 9.96. The fraction of sp³-hybridized carbons (Fsp3) is 0.217. The van der Waals surface area contributed by atoms with Gasteiger partial charge in [0, 0.05) is 24.7 Å². The van der Waals surface area contributed by atoms with E-state index < -0.39 is 0 Å². The molecule has 0 spiro atoms. The van der Waals surface area contributed by atoms with Crippen LogP contribution >= 0.6 is 11.3 Å². The SMILES string of the molecule is Cn1nccc1-c1nc(-c2ccc(C3CCC3O)cc2)c(-c2ccccc2)s1. The number of benzene rings is 2. The van der Waals surface area contributed by atoms with E-state index in [9.17, 15) is 5.11 Å². The number of aliphatic hydroxyl groups is 1. The minimum atomic E-state index is -0.193.